The van der Waals surface area contributed by atoms with Gasteiger partial charge < -0.3 is 24.9 Å². The number of ether oxygens (including phenoxy) is 1. The van der Waals surface area contributed by atoms with E-state index < -0.39 is 48.9 Å². The number of carboxylic acid groups (broad SMARTS) is 1. The van der Waals surface area contributed by atoms with E-state index in [1.165, 1.54) is 12.5 Å². The second-order valence-corrected chi connectivity index (χ2v) is 6.35. The molecule has 0 bridgehead atoms. The predicted molar refractivity (Wildman–Crippen MR) is 101 cm³/mol. The highest BCUT2D eigenvalue weighted by molar-refractivity contribution is 5.94. The van der Waals surface area contributed by atoms with Gasteiger partial charge in [-0.3, -0.25) is 14.4 Å². The van der Waals surface area contributed by atoms with Crippen LogP contribution >= 0.6 is 0 Å². The Balaban J connectivity index is 2.05. The number of halogens is 1. The van der Waals surface area contributed by atoms with Crippen molar-refractivity contribution < 1.29 is 37.8 Å². The minimum absolute atomic E-state index is 0.0215. The van der Waals surface area contributed by atoms with Crippen LogP contribution in [-0.2, 0) is 32.1 Å². The Morgan fingerprint density at radius 1 is 1.03 bits per heavy atom. The Labute approximate surface area is 171 Å². The first kappa shape index (κ1) is 22.6. The minimum atomic E-state index is -1.56. The van der Waals surface area contributed by atoms with Crippen molar-refractivity contribution in [3.63, 3.8) is 0 Å². The van der Waals surface area contributed by atoms with E-state index >= 15 is 0 Å². The van der Waals surface area contributed by atoms with Crippen LogP contribution in [0, 0.1) is 0 Å². The zero-order chi connectivity index (χ0) is 21.9. The molecular weight excluding hydrogens is 399 g/mol. The number of amides is 2. The lowest BCUT2D eigenvalue weighted by atomic mass is 10.1. The van der Waals surface area contributed by atoms with E-state index in [-0.39, 0.29) is 13.0 Å². The Morgan fingerprint density at radius 3 is 2.37 bits per heavy atom. The van der Waals surface area contributed by atoms with Crippen LogP contribution in [0.1, 0.15) is 17.5 Å². The molecule has 1 aromatic carbocycles. The first-order valence-corrected chi connectivity index (χ1v) is 8.98. The molecule has 0 fully saturated rings. The second-order valence-electron chi connectivity index (χ2n) is 6.35. The van der Waals surface area contributed by atoms with Gasteiger partial charge in [-0.15, -0.1) is 0 Å². The molecule has 0 spiro atoms. The van der Waals surface area contributed by atoms with Crippen LogP contribution in [0.25, 0.3) is 0 Å². The molecule has 2 unspecified atom stereocenters. The highest BCUT2D eigenvalue weighted by Crippen LogP contribution is 2.07. The topological polar surface area (TPSA) is 135 Å². The third-order valence-electron chi connectivity index (χ3n) is 4.06. The number of carboxylic acids is 1. The van der Waals surface area contributed by atoms with Crippen molar-refractivity contribution in [1.82, 2.24) is 10.6 Å². The molecule has 30 heavy (non-hydrogen) atoms. The lowest BCUT2D eigenvalue weighted by Gasteiger charge is -2.21. The third kappa shape index (κ3) is 7.38. The number of hydrogen-bond donors (Lipinski definition) is 3. The van der Waals surface area contributed by atoms with Crippen LogP contribution in [0.5, 0.6) is 0 Å². The number of rotatable bonds is 11. The highest BCUT2D eigenvalue weighted by Gasteiger charge is 2.29. The molecule has 0 saturated carbocycles. The van der Waals surface area contributed by atoms with Crippen LogP contribution in [0.15, 0.2) is 53.3 Å². The molecule has 0 radical (unpaired) electrons. The fraction of sp³-hybridized carbons (Fsp3) is 0.300. The third-order valence-corrected chi connectivity index (χ3v) is 4.06. The molecule has 1 aromatic heterocycles. The monoisotopic (exact) mass is 420 g/mol. The normalized spacial score (nSPS) is 12.4. The van der Waals surface area contributed by atoms with Gasteiger partial charge in [-0.05, 0) is 17.2 Å². The quantitative estimate of drug-likeness (QED) is 0.503. The largest absolute Gasteiger partial charge is 0.481 e. The van der Waals surface area contributed by atoms with Gasteiger partial charge >= 0.3 is 12.1 Å². The minimum Gasteiger partial charge on any atom is -0.481 e. The molecule has 3 N–H and O–H groups in total. The highest BCUT2D eigenvalue weighted by atomic mass is 19.1. The lowest BCUT2D eigenvalue weighted by Crippen LogP contribution is -2.53. The molecule has 0 aliphatic carbocycles. The molecular formula is C20H21FN2O7. The van der Waals surface area contributed by atoms with E-state index in [0.29, 0.717) is 5.56 Å². The van der Waals surface area contributed by atoms with E-state index in [1.54, 1.807) is 36.4 Å². The van der Waals surface area contributed by atoms with Crippen molar-refractivity contribution in [3.05, 3.63) is 60.1 Å². The fourth-order valence-electron chi connectivity index (χ4n) is 2.55. The van der Waals surface area contributed by atoms with E-state index in [4.69, 9.17) is 14.3 Å². The molecule has 2 rings (SSSR count). The molecule has 160 valence electrons. The molecule has 0 aliphatic heterocycles. The number of alkyl carbamates (subject to hydrolysis) is 1. The van der Waals surface area contributed by atoms with E-state index in [2.05, 4.69) is 10.6 Å². The number of benzene rings is 1. The standard InChI is InChI=1S/C20H21FN2O7/c21-10-17(24)15(9-18(25)26)22-19(27)16(8-14-6-7-29-11-14)23-20(28)30-12-13-4-2-1-3-5-13/h1-7,11,15-16H,8-10,12H2,(H,22,27)(H,23,28)(H,25,26). The molecule has 1 heterocycles. The molecule has 9 nitrogen and oxygen atoms in total. The van der Waals surface area contributed by atoms with Gasteiger partial charge in [-0.25, -0.2) is 9.18 Å². The summed E-state index contributed by atoms with van der Waals surface area (Å²) < 4.78 is 22.7. The fourth-order valence-corrected chi connectivity index (χ4v) is 2.55. The van der Waals surface area contributed by atoms with Gasteiger partial charge in [-0.2, -0.15) is 0 Å². The van der Waals surface area contributed by atoms with Crippen LogP contribution in [0.4, 0.5) is 9.18 Å². The summed E-state index contributed by atoms with van der Waals surface area (Å²) in [6, 6.07) is 7.65. The SMILES string of the molecule is O=C(O)CC(NC(=O)C(Cc1ccoc1)NC(=O)OCc1ccccc1)C(=O)CF. The summed E-state index contributed by atoms with van der Waals surface area (Å²) in [6.07, 6.45) is 1.03. The van der Waals surface area contributed by atoms with Crippen molar-refractivity contribution in [2.75, 3.05) is 6.67 Å². The summed E-state index contributed by atoms with van der Waals surface area (Å²) in [4.78, 5) is 47.3. The molecule has 2 aromatic rings. The van der Waals surface area contributed by atoms with Gasteiger partial charge in [0.15, 0.2) is 5.78 Å². The average Bonchev–Trinajstić information content (AvgIpc) is 3.24. The maximum Gasteiger partial charge on any atom is 0.408 e. The molecule has 0 aliphatic rings. The summed E-state index contributed by atoms with van der Waals surface area (Å²) in [7, 11) is 0. The summed E-state index contributed by atoms with van der Waals surface area (Å²) in [5.74, 6) is -3.33. The molecule has 2 amide bonds. The van der Waals surface area contributed by atoms with Gasteiger partial charge in [-0.1, -0.05) is 30.3 Å². The zero-order valence-electron chi connectivity index (χ0n) is 15.9. The summed E-state index contributed by atoms with van der Waals surface area (Å²) in [6.45, 7) is -1.47. The van der Waals surface area contributed by atoms with E-state index in [1.807, 2.05) is 0 Å². The first-order chi connectivity index (χ1) is 14.4. The average molecular weight is 420 g/mol. The molecule has 0 saturated heterocycles. The Morgan fingerprint density at radius 2 is 1.77 bits per heavy atom. The van der Waals surface area contributed by atoms with Crippen molar-refractivity contribution in [2.45, 2.75) is 31.5 Å². The van der Waals surface area contributed by atoms with E-state index in [9.17, 15) is 23.6 Å². The van der Waals surface area contributed by atoms with Crippen molar-refractivity contribution in [1.29, 1.82) is 0 Å². The maximum atomic E-state index is 12.7. The Hall–Kier alpha value is -3.69. The van der Waals surface area contributed by atoms with Gasteiger partial charge in [0.05, 0.1) is 18.9 Å². The molecule has 10 heteroatoms. The van der Waals surface area contributed by atoms with Crippen molar-refractivity contribution in [3.8, 4) is 0 Å². The van der Waals surface area contributed by atoms with Crippen LogP contribution in [0.2, 0.25) is 0 Å². The smallest absolute Gasteiger partial charge is 0.408 e. The van der Waals surface area contributed by atoms with E-state index in [0.717, 1.165) is 5.56 Å². The van der Waals surface area contributed by atoms with Crippen molar-refractivity contribution >= 4 is 23.8 Å². The van der Waals surface area contributed by atoms with Gasteiger partial charge in [0.25, 0.3) is 0 Å². The second kappa shape index (κ2) is 11.3. The van der Waals surface area contributed by atoms with Crippen molar-refractivity contribution in [2.24, 2.45) is 0 Å². The van der Waals surface area contributed by atoms with Gasteiger partial charge in [0.2, 0.25) is 5.91 Å². The number of hydrogen-bond acceptors (Lipinski definition) is 6. The Bertz CT molecular complexity index is 855. The number of carbonyl (C=O) groups is 4. The van der Waals surface area contributed by atoms with Gasteiger partial charge in [0, 0.05) is 6.42 Å². The predicted octanol–water partition coefficient (Wildman–Crippen LogP) is 1.62. The van der Waals surface area contributed by atoms with Crippen LogP contribution in [-0.4, -0.2) is 47.6 Å². The number of aliphatic carboxylic acids is 1. The Kier molecular flexibility index (Phi) is 8.55. The number of alkyl halides is 1. The lowest BCUT2D eigenvalue weighted by molar-refractivity contribution is -0.140. The first-order valence-electron chi connectivity index (χ1n) is 8.98. The molecule has 2 atom stereocenters. The van der Waals surface area contributed by atoms with Gasteiger partial charge in [0.1, 0.15) is 25.4 Å². The summed E-state index contributed by atoms with van der Waals surface area (Å²) in [5.41, 5.74) is 1.30. The van der Waals surface area contributed by atoms with Crippen LogP contribution in [0.3, 0.4) is 0 Å². The number of carbonyl (C=O) groups excluding carboxylic acids is 3. The van der Waals surface area contributed by atoms with Crippen LogP contribution < -0.4 is 10.6 Å². The summed E-state index contributed by atoms with van der Waals surface area (Å²) >= 11 is 0. The summed E-state index contributed by atoms with van der Waals surface area (Å²) in [5, 5.41) is 13.4. The number of nitrogens with one attached hydrogen (secondary N) is 2. The maximum absolute atomic E-state index is 12.7. The number of ketones is 1. The number of furan rings is 1. The zero-order valence-corrected chi connectivity index (χ0v) is 15.9. The number of Topliss-reactive ketones (excluding diaryl/α,β-unsaturated/α-hetero) is 1.